The highest BCUT2D eigenvalue weighted by Crippen LogP contribution is 2.29. The van der Waals surface area contributed by atoms with E-state index in [0.717, 1.165) is 4.47 Å². The van der Waals surface area contributed by atoms with Crippen LogP contribution >= 0.6 is 15.9 Å². The van der Waals surface area contributed by atoms with Crippen LogP contribution in [0, 0.1) is 0 Å². The number of anilines is 2. The van der Waals surface area contributed by atoms with Gasteiger partial charge in [-0.05, 0) is 54.6 Å². The molecule has 0 saturated heterocycles. The molecule has 0 aliphatic carbocycles. The monoisotopic (exact) mass is 461 g/mol. The number of hydrogen-bond acceptors (Lipinski definition) is 5. The quantitative estimate of drug-likeness (QED) is 0.579. The van der Waals surface area contributed by atoms with E-state index in [1.54, 1.807) is 42.5 Å². The summed E-state index contributed by atoms with van der Waals surface area (Å²) in [6.45, 7) is 0. The normalized spacial score (nSPS) is 10.9. The van der Waals surface area contributed by atoms with Crippen LogP contribution in [0.4, 0.5) is 11.4 Å². The zero-order chi connectivity index (χ0) is 20.1. The molecule has 0 fully saturated rings. The summed E-state index contributed by atoms with van der Waals surface area (Å²) in [6.07, 6.45) is 3.00. The molecule has 0 bridgehead atoms. The fourth-order valence-electron chi connectivity index (χ4n) is 2.40. The van der Waals surface area contributed by atoms with Gasteiger partial charge in [0.2, 0.25) is 0 Å². The number of ether oxygens (including phenoxy) is 1. The van der Waals surface area contributed by atoms with Gasteiger partial charge in [0.15, 0.2) is 0 Å². The molecule has 3 aromatic rings. The number of carbonyl (C=O) groups is 1. The fraction of sp³-hybridized carbons (Fsp3) is 0.0526. The van der Waals surface area contributed by atoms with Crippen molar-refractivity contribution in [3.05, 3.63) is 77.0 Å². The predicted molar refractivity (Wildman–Crippen MR) is 110 cm³/mol. The summed E-state index contributed by atoms with van der Waals surface area (Å²) in [4.78, 5) is 16.1. The van der Waals surface area contributed by atoms with E-state index in [1.807, 2.05) is 0 Å². The number of carbonyl (C=O) groups excluding carboxylic acids is 1. The number of benzene rings is 2. The van der Waals surface area contributed by atoms with E-state index in [0.29, 0.717) is 16.9 Å². The Bertz CT molecular complexity index is 1090. The van der Waals surface area contributed by atoms with E-state index in [-0.39, 0.29) is 16.6 Å². The Labute approximate surface area is 170 Å². The molecule has 0 saturated carbocycles. The first-order valence-electron chi connectivity index (χ1n) is 8.07. The number of sulfonamides is 1. The molecule has 0 spiro atoms. The molecule has 0 radical (unpaired) electrons. The number of hydrogen-bond donors (Lipinski definition) is 2. The summed E-state index contributed by atoms with van der Waals surface area (Å²) in [5.74, 6) is -0.219. The van der Waals surface area contributed by atoms with Crippen LogP contribution < -0.4 is 14.8 Å². The molecule has 0 aliphatic rings. The molecule has 7 nitrogen and oxygen atoms in total. The average Bonchev–Trinajstić information content (AvgIpc) is 2.70. The zero-order valence-corrected chi connectivity index (χ0v) is 17.1. The maximum atomic E-state index is 12.9. The largest absolute Gasteiger partial charge is 0.495 e. The van der Waals surface area contributed by atoms with Crippen molar-refractivity contribution in [2.45, 2.75) is 4.90 Å². The summed E-state index contributed by atoms with van der Waals surface area (Å²) in [5, 5.41) is 2.67. The maximum absolute atomic E-state index is 12.9. The number of pyridine rings is 1. The van der Waals surface area contributed by atoms with Crippen LogP contribution in [-0.2, 0) is 10.0 Å². The average molecular weight is 462 g/mol. The first-order valence-corrected chi connectivity index (χ1v) is 10.3. The molecule has 0 unspecified atom stereocenters. The third-order valence-electron chi connectivity index (χ3n) is 3.75. The number of amides is 1. The lowest BCUT2D eigenvalue weighted by Gasteiger charge is -2.14. The van der Waals surface area contributed by atoms with Crippen molar-refractivity contribution in [2.24, 2.45) is 0 Å². The fourth-order valence-corrected chi connectivity index (χ4v) is 3.92. The number of rotatable bonds is 6. The topological polar surface area (TPSA) is 97.4 Å². The molecule has 3 rings (SSSR count). The van der Waals surface area contributed by atoms with Crippen LogP contribution in [0.5, 0.6) is 5.75 Å². The Morgan fingerprint density at radius 3 is 2.29 bits per heavy atom. The van der Waals surface area contributed by atoms with E-state index in [2.05, 4.69) is 31.0 Å². The lowest BCUT2D eigenvalue weighted by atomic mass is 10.2. The smallest absolute Gasteiger partial charge is 0.265 e. The summed E-state index contributed by atoms with van der Waals surface area (Å²) in [5.41, 5.74) is 1.12. The second-order valence-electron chi connectivity index (χ2n) is 5.67. The third-order valence-corrected chi connectivity index (χ3v) is 5.68. The third kappa shape index (κ3) is 4.68. The van der Waals surface area contributed by atoms with Crippen molar-refractivity contribution in [1.29, 1.82) is 0 Å². The molecular weight excluding hydrogens is 446 g/mol. The second kappa shape index (κ2) is 8.41. The van der Waals surface area contributed by atoms with Gasteiger partial charge in [0, 0.05) is 33.8 Å². The minimum Gasteiger partial charge on any atom is -0.495 e. The first-order chi connectivity index (χ1) is 13.4. The Balaban J connectivity index is 1.90. The van der Waals surface area contributed by atoms with Gasteiger partial charge in [0.05, 0.1) is 7.11 Å². The molecule has 28 heavy (non-hydrogen) atoms. The number of aromatic nitrogens is 1. The molecule has 0 aliphatic heterocycles. The highest BCUT2D eigenvalue weighted by molar-refractivity contribution is 9.10. The van der Waals surface area contributed by atoms with Gasteiger partial charge in [0.25, 0.3) is 15.9 Å². The molecule has 2 aromatic carbocycles. The minimum absolute atomic E-state index is 0.0922. The van der Waals surface area contributed by atoms with Crippen LogP contribution in [-0.4, -0.2) is 26.4 Å². The number of nitrogens with one attached hydrogen (secondary N) is 2. The Morgan fingerprint density at radius 2 is 1.64 bits per heavy atom. The van der Waals surface area contributed by atoms with Crippen LogP contribution in [0.2, 0.25) is 0 Å². The van der Waals surface area contributed by atoms with Gasteiger partial charge >= 0.3 is 0 Å². The number of nitrogens with zero attached hydrogens (tertiary/aromatic N) is 1. The number of methoxy groups -OCH3 is 1. The van der Waals surface area contributed by atoms with Crippen molar-refractivity contribution >= 4 is 43.2 Å². The van der Waals surface area contributed by atoms with Gasteiger partial charge in [-0.1, -0.05) is 15.9 Å². The highest BCUT2D eigenvalue weighted by Gasteiger charge is 2.21. The lowest BCUT2D eigenvalue weighted by molar-refractivity contribution is 0.102. The van der Waals surface area contributed by atoms with Crippen molar-refractivity contribution in [3.63, 3.8) is 0 Å². The molecule has 9 heteroatoms. The summed E-state index contributed by atoms with van der Waals surface area (Å²) in [7, 11) is -2.57. The molecule has 1 heterocycles. The first kappa shape index (κ1) is 19.8. The van der Waals surface area contributed by atoms with Gasteiger partial charge in [-0.25, -0.2) is 8.42 Å². The Hall–Kier alpha value is -2.91. The zero-order valence-electron chi connectivity index (χ0n) is 14.7. The standard InChI is InChI=1S/C19H16BrN3O4S/c1-27-17-7-6-16(22-19(24)13-8-10-21-11-9-13)12-18(17)28(25,26)23-15-4-2-14(20)3-5-15/h2-12,23H,1H3,(H,22,24). The summed E-state index contributed by atoms with van der Waals surface area (Å²) < 4.78 is 34.2. The van der Waals surface area contributed by atoms with Gasteiger partial charge in [-0.2, -0.15) is 0 Å². The molecule has 144 valence electrons. The van der Waals surface area contributed by atoms with E-state index in [4.69, 9.17) is 4.74 Å². The minimum atomic E-state index is -3.94. The molecule has 0 atom stereocenters. The van der Waals surface area contributed by atoms with Crippen LogP contribution in [0.15, 0.2) is 76.4 Å². The van der Waals surface area contributed by atoms with E-state index in [9.17, 15) is 13.2 Å². The van der Waals surface area contributed by atoms with Gasteiger partial charge in [0.1, 0.15) is 10.6 Å². The van der Waals surface area contributed by atoms with Crippen molar-refractivity contribution in [2.75, 3.05) is 17.1 Å². The van der Waals surface area contributed by atoms with Crippen molar-refractivity contribution < 1.29 is 17.9 Å². The van der Waals surface area contributed by atoms with Gasteiger partial charge in [-0.3, -0.25) is 14.5 Å². The van der Waals surface area contributed by atoms with Crippen LogP contribution in [0.25, 0.3) is 0 Å². The highest BCUT2D eigenvalue weighted by atomic mass is 79.9. The maximum Gasteiger partial charge on any atom is 0.265 e. The summed E-state index contributed by atoms with van der Waals surface area (Å²) >= 11 is 3.30. The number of halogens is 1. The molecular formula is C19H16BrN3O4S. The second-order valence-corrected chi connectivity index (χ2v) is 8.23. The van der Waals surface area contributed by atoms with E-state index < -0.39 is 10.0 Å². The SMILES string of the molecule is COc1ccc(NC(=O)c2ccncc2)cc1S(=O)(=O)Nc1ccc(Br)cc1. The molecule has 1 aromatic heterocycles. The van der Waals surface area contributed by atoms with Crippen molar-refractivity contribution in [3.8, 4) is 5.75 Å². The van der Waals surface area contributed by atoms with E-state index >= 15 is 0 Å². The molecule has 2 N–H and O–H groups in total. The predicted octanol–water partition coefficient (Wildman–Crippen LogP) is 3.91. The van der Waals surface area contributed by atoms with Gasteiger partial charge < -0.3 is 10.1 Å². The van der Waals surface area contributed by atoms with Crippen LogP contribution in [0.1, 0.15) is 10.4 Å². The lowest BCUT2D eigenvalue weighted by Crippen LogP contribution is -2.16. The summed E-state index contributed by atoms with van der Waals surface area (Å²) in [6, 6.07) is 14.2. The van der Waals surface area contributed by atoms with E-state index in [1.165, 1.54) is 31.6 Å². The Kier molecular flexibility index (Phi) is 5.96. The van der Waals surface area contributed by atoms with Crippen LogP contribution in [0.3, 0.4) is 0 Å². The van der Waals surface area contributed by atoms with Crippen molar-refractivity contribution in [1.82, 2.24) is 4.98 Å². The molecule has 1 amide bonds. The Morgan fingerprint density at radius 1 is 1.00 bits per heavy atom. The van der Waals surface area contributed by atoms with Gasteiger partial charge in [-0.15, -0.1) is 0 Å².